The van der Waals surface area contributed by atoms with E-state index in [0.717, 1.165) is 23.6 Å². The maximum Gasteiger partial charge on any atom is 0.165 e. The van der Waals surface area contributed by atoms with Crippen LogP contribution in [0.5, 0.6) is 5.75 Å². The standard InChI is InChI=1S/C12H16FNOS/c1-2-6-16-7-5-14-9-10-3-4-12(15)11(13)8-10/h2-4,8,14-15H,1,5-7,9H2. The molecule has 16 heavy (non-hydrogen) atoms. The van der Waals surface area contributed by atoms with Crippen molar-refractivity contribution in [2.45, 2.75) is 6.54 Å². The fraction of sp³-hybridized carbons (Fsp3) is 0.333. The average molecular weight is 241 g/mol. The van der Waals surface area contributed by atoms with Crippen LogP contribution in [-0.2, 0) is 6.54 Å². The molecule has 88 valence electrons. The number of hydrogen-bond donors (Lipinski definition) is 2. The molecular formula is C12H16FNOS. The van der Waals surface area contributed by atoms with Crippen molar-refractivity contribution in [1.82, 2.24) is 5.32 Å². The Hall–Kier alpha value is -1.00. The molecule has 0 radical (unpaired) electrons. The number of hydrogen-bond acceptors (Lipinski definition) is 3. The van der Waals surface area contributed by atoms with Crippen LogP contribution < -0.4 is 5.32 Å². The summed E-state index contributed by atoms with van der Waals surface area (Å²) in [6.45, 7) is 5.13. The maximum atomic E-state index is 13.0. The molecule has 0 unspecified atom stereocenters. The van der Waals surface area contributed by atoms with E-state index in [2.05, 4.69) is 11.9 Å². The van der Waals surface area contributed by atoms with Crippen molar-refractivity contribution in [3.63, 3.8) is 0 Å². The minimum absolute atomic E-state index is 0.301. The van der Waals surface area contributed by atoms with Crippen LogP contribution in [0.15, 0.2) is 30.9 Å². The number of phenols is 1. The van der Waals surface area contributed by atoms with Crippen molar-refractivity contribution >= 4 is 11.8 Å². The quantitative estimate of drug-likeness (QED) is 0.568. The van der Waals surface area contributed by atoms with E-state index >= 15 is 0 Å². The van der Waals surface area contributed by atoms with E-state index in [4.69, 9.17) is 5.11 Å². The topological polar surface area (TPSA) is 32.3 Å². The second-order valence-corrected chi connectivity index (χ2v) is 4.48. The zero-order chi connectivity index (χ0) is 11.8. The van der Waals surface area contributed by atoms with Gasteiger partial charge in [0, 0.05) is 24.6 Å². The molecule has 2 N–H and O–H groups in total. The molecule has 1 rings (SSSR count). The number of benzene rings is 1. The van der Waals surface area contributed by atoms with Crippen molar-refractivity contribution < 1.29 is 9.50 Å². The van der Waals surface area contributed by atoms with Crippen molar-refractivity contribution in [2.24, 2.45) is 0 Å². The van der Waals surface area contributed by atoms with Gasteiger partial charge in [-0.05, 0) is 17.7 Å². The van der Waals surface area contributed by atoms with E-state index < -0.39 is 5.82 Å². The lowest BCUT2D eigenvalue weighted by atomic mass is 10.2. The van der Waals surface area contributed by atoms with Crippen LogP contribution in [-0.4, -0.2) is 23.2 Å². The predicted octanol–water partition coefficient (Wildman–Crippen LogP) is 2.54. The smallest absolute Gasteiger partial charge is 0.165 e. The Morgan fingerprint density at radius 1 is 1.50 bits per heavy atom. The van der Waals surface area contributed by atoms with E-state index in [-0.39, 0.29) is 5.75 Å². The van der Waals surface area contributed by atoms with Gasteiger partial charge in [-0.3, -0.25) is 0 Å². The molecule has 2 nitrogen and oxygen atoms in total. The highest BCUT2D eigenvalue weighted by molar-refractivity contribution is 7.99. The van der Waals surface area contributed by atoms with Crippen LogP contribution in [0.2, 0.25) is 0 Å². The number of thioether (sulfide) groups is 1. The molecule has 0 heterocycles. The monoisotopic (exact) mass is 241 g/mol. The molecule has 0 atom stereocenters. The molecule has 0 fully saturated rings. The number of phenolic OH excluding ortho intramolecular Hbond substituents is 1. The van der Waals surface area contributed by atoms with E-state index in [9.17, 15) is 4.39 Å². The summed E-state index contributed by atoms with van der Waals surface area (Å²) in [5.41, 5.74) is 0.837. The summed E-state index contributed by atoms with van der Waals surface area (Å²) in [5, 5.41) is 12.2. The summed E-state index contributed by atoms with van der Waals surface area (Å²) in [7, 11) is 0. The first-order valence-corrected chi connectivity index (χ1v) is 6.26. The van der Waals surface area contributed by atoms with Gasteiger partial charge in [0.15, 0.2) is 11.6 Å². The van der Waals surface area contributed by atoms with Gasteiger partial charge in [-0.1, -0.05) is 12.1 Å². The summed E-state index contributed by atoms with van der Waals surface area (Å²) >= 11 is 1.80. The first kappa shape index (κ1) is 13.1. The van der Waals surface area contributed by atoms with E-state index in [1.54, 1.807) is 17.8 Å². The Morgan fingerprint density at radius 2 is 2.31 bits per heavy atom. The highest BCUT2D eigenvalue weighted by atomic mass is 32.2. The van der Waals surface area contributed by atoms with E-state index in [1.807, 2.05) is 6.08 Å². The maximum absolute atomic E-state index is 13.0. The molecule has 0 aliphatic rings. The SMILES string of the molecule is C=CCSCCNCc1ccc(O)c(F)c1. The summed E-state index contributed by atoms with van der Waals surface area (Å²) in [4.78, 5) is 0. The molecule has 0 saturated carbocycles. The minimum Gasteiger partial charge on any atom is -0.505 e. The van der Waals surface area contributed by atoms with Gasteiger partial charge in [0.05, 0.1) is 0 Å². The number of aromatic hydroxyl groups is 1. The summed E-state index contributed by atoms with van der Waals surface area (Å²) < 4.78 is 13.0. The second kappa shape index (κ2) is 7.30. The molecule has 1 aromatic carbocycles. The normalized spacial score (nSPS) is 10.3. The molecule has 0 spiro atoms. The van der Waals surface area contributed by atoms with Crippen molar-refractivity contribution in [1.29, 1.82) is 0 Å². The third kappa shape index (κ3) is 4.68. The predicted molar refractivity (Wildman–Crippen MR) is 67.3 cm³/mol. The summed E-state index contributed by atoms with van der Waals surface area (Å²) in [6, 6.07) is 4.43. The fourth-order valence-electron chi connectivity index (χ4n) is 1.20. The lowest BCUT2D eigenvalue weighted by Gasteiger charge is -2.05. The van der Waals surface area contributed by atoms with Crippen LogP contribution in [0, 0.1) is 5.82 Å². The number of rotatable bonds is 7. The van der Waals surface area contributed by atoms with Gasteiger partial charge in [0.1, 0.15) is 0 Å². The lowest BCUT2D eigenvalue weighted by Crippen LogP contribution is -2.16. The van der Waals surface area contributed by atoms with Gasteiger partial charge >= 0.3 is 0 Å². The first-order chi connectivity index (χ1) is 7.74. The molecule has 0 aliphatic carbocycles. The van der Waals surface area contributed by atoms with Crippen molar-refractivity contribution in [3.05, 3.63) is 42.2 Å². The lowest BCUT2D eigenvalue weighted by molar-refractivity contribution is 0.431. The van der Waals surface area contributed by atoms with Crippen molar-refractivity contribution in [2.75, 3.05) is 18.1 Å². The molecule has 0 aromatic heterocycles. The van der Waals surface area contributed by atoms with Crippen LogP contribution >= 0.6 is 11.8 Å². The Labute approximate surface area is 99.6 Å². The van der Waals surface area contributed by atoms with Gasteiger partial charge < -0.3 is 10.4 Å². The van der Waals surface area contributed by atoms with Crippen molar-refractivity contribution in [3.8, 4) is 5.75 Å². The molecule has 1 aromatic rings. The molecule has 0 bridgehead atoms. The van der Waals surface area contributed by atoms with Gasteiger partial charge in [-0.2, -0.15) is 11.8 Å². The van der Waals surface area contributed by atoms with Crippen LogP contribution in [0.25, 0.3) is 0 Å². The minimum atomic E-state index is -0.569. The van der Waals surface area contributed by atoms with E-state index in [0.29, 0.717) is 6.54 Å². The van der Waals surface area contributed by atoms with E-state index in [1.165, 1.54) is 12.1 Å². The van der Waals surface area contributed by atoms with Crippen LogP contribution in [0.4, 0.5) is 4.39 Å². The van der Waals surface area contributed by atoms with Crippen LogP contribution in [0.1, 0.15) is 5.56 Å². The van der Waals surface area contributed by atoms with Gasteiger partial charge in [0.25, 0.3) is 0 Å². The average Bonchev–Trinajstić information content (AvgIpc) is 2.28. The zero-order valence-corrected chi connectivity index (χ0v) is 9.89. The van der Waals surface area contributed by atoms with Crippen LogP contribution in [0.3, 0.4) is 0 Å². The first-order valence-electron chi connectivity index (χ1n) is 5.11. The second-order valence-electron chi connectivity index (χ2n) is 3.33. The molecule has 0 amide bonds. The fourth-order valence-corrected chi connectivity index (χ4v) is 1.83. The molecule has 0 saturated heterocycles. The van der Waals surface area contributed by atoms with Gasteiger partial charge in [-0.15, -0.1) is 6.58 Å². The molecule has 0 aliphatic heterocycles. The van der Waals surface area contributed by atoms with Gasteiger partial charge in [-0.25, -0.2) is 4.39 Å². The van der Waals surface area contributed by atoms with Gasteiger partial charge in [0.2, 0.25) is 0 Å². The third-order valence-corrected chi connectivity index (χ3v) is 2.96. The highest BCUT2D eigenvalue weighted by Gasteiger charge is 2.00. The summed E-state index contributed by atoms with van der Waals surface area (Å²) in [6.07, 6.45) is 1.88. The Balaban J connectivity index is 2.21. The number of halogens is 1. The molecule has 4 heteroatoms. The third-order valence-electron chi connectivity index (χ3n) is 2.00. The summed E-state index contributed by atoms with van der Waals surface area (Å²) in [5.74, 6) is 1.09. The highest BCUT2D eigenvalue weighted by Crippen LogP contribution is 2.15. The zero-order valence-electron chi connectivity index (χ0n) is 9.08. The Kier molecular flexibility index (Phi) is 5.96. The number of nitrogens with one attached hydrogen (secondary N) is 1. The molecular weight excluding hydrogens is 225 g/mol. The Bertz CT molecular complexity index is 344. The largest absolute Gasteiger partial charge is 0.505 e. The Morgan fingerprint density at radius 3 is 3.00 bits per heavy atom.